The van der Waals surface area contributed by atoms with E-state index in [1.165, 1.54) is 4.68 Å². The van der Waals surface area contributed by atoms with Crippen molar-refractivity contribution < 1.29 is 19.5 Å². The van der Waals surface area contributed by atoms with Crippen molar-refractivity contribution in [1.82, 2.24) is 15.1 Å². The number of carbonyl (C=O) groups is 3. The van der Waals surface area contributed by atoms with E-state index in [0.29, 0.717) is 6.42 Å². The maximum absolute atomic E-state index is 11.9. The molecule has 19 heavy (non-hydrogen) atoms. The second-order valence-electron chi connectivity index (χ2n) is 4.03. The van der Waals surface area contributed by atoms with Gasteiger partial charge < -0.3 is 16.2 Å². The normalized spacial score (nSPS) is 11.9. The summed E-state index contributed by atoms with van der Waals surface area (Å²) in [6.45, 7) is 1.89. The van der Waals surface area contributed by atoms with Crippen molar-refractivity contribution in [3.63, 3.8) is 0 Å². The molecule has 0 saturated carbocycles. The van der Waals surface area contributed by atoms with Crippen molar-refractivity contribution in [3.8, 4) is 0 Å². The van der Waals surface area contributed by atoms with Gasteiger partial charge in [0.1, 0.15) is 11.7 Å². The van der Waals surface area contributed by atoms with Crippen LogP contribution in [0.25, 0.3) is 0 Å². The smallest absolute Gasteiger partial charge is 0.326 e. The molecule has 0 saturated heterocycles. The van der Waals surface area contributed by atoms with Gasteiger partial charge >= 0.3 is 5.97 Å². The quantitative estimate of drug-likeness (QED) is 0.612. The van der Waals surface area contributed by atoms with Crippen LogP contribution in [0.1, 0.15) is 29.5 Å². The largest absolute Gasteiger partial charge is 0.480 e. The van der Waals surface area contributed by atoms with E-state index >= 15 is 0 Å². The highest BCUT2D eigenvalue weighted by Gasteiger charge is 2.24. The van der Waals surface area contributed by atoms with E-state index in [2.05, 4.69) is 10.4 Å². The van der Waals surface area contributed by atoms with Gasteiger partial charge in [-0.05, 0) is 12.5 Å². The second kappa shape index (κ2) is 5.98. The summed E-state index contributed by atoms with van der Waals surface area (Å²) in [6, 6.07) is 0.225. The molecule has 0 fully saturated rings. The number of nitrogens with two attached hydrogens (primary N) is 1. The van der Waals surface area contributed by atoms with E-state index in [4.69, 9.17) is 10.8 Å². The van der Waals surface area contributed by atoms with Crippen LogP contribution >= 0.6 is 0 Å². The molecule has 0 aliphatic heterocycles. The Hall–Kier alpha value is -2.38. The molecule has 0 radical (unpaired) electrons. The molecule has 4 N–H and O–H groups in total. The van der Waals surface area contributed by atoms with E-state index in [1.807, 2.05) is 6.92 Å². The number of carboxylic acids is 1. The third-order valence-corrected chi connectivity index (χ3v) is 2.53. The summed E-state index contributed by atoms with van der Waals surface area (Å²) in [7, 11) is 1.58. The summed E-state index contributed by atoms with van der Waals surface area (Å²) >= 11 is 0. The molecule has 8 nitrogen and oxygen atoms in total. The average Bonchev–Trinajstić information content (AvgIpc) is 2.69. The lowest BCUT2D eigenvalue weighted by molar-refractivity contribution is -0.140. The predicted octanol–water partition coefficient (Wildman–Crippen LogP) is -0.959. The van der Waals surface area contributed by atoms with E-state index in [9.17, 15) is 14.4 Å². The zero-order chi connectivity index (χ0) is 14.6. The van der Waals surface area contributed by atoms with Gasteiger partial charge in [0, 0.05) is 7.05 Å². The summed E-state index contributed by atoms with van der Waals surface area (Å²) in [5.74, 6) is -2.72. The molecule has 1 aromatic rings. The maximum Gasteiger partial charge on any atom is 0.326 e. The summed E-state index contributed by atoms with van der Waals surface area (Å²) in [6.07, 6.45) is 0.199. The number of aliphatic carboxylic acids is 1. The highest BCUT2D eigenvalue weighted by atomic mass is 16.4. The maximum atomic E-state index is 11.9. The molecule has 1 rings (SSSR count). The van der Waals surface area contributed by atoms with Crippen molar-refractivity contribution in [3.05, 3.63) is 17.5 Å². The second-order valence-corrected chi connectivity index (χ2v) is 4.03. The lowest BCUT2D eigenvalue weighted by Crippen LogP contribution is -2.43. The van der Waals surface area contributed by atoms with E-state index < -0.39 is 30.2 Å². The first kappa shape index (κ1) is 14.7. The number of hydrogen-bond donors (Lipinski definition) is 3. The lowest BCUT2D eigenvalue weighted by Gasteiger charge is -2.12. The third kappa shape index (κ3) is 3.80. The molecule has 0 spiro atoms. The van der Waals surface area contributed by atoms with Crippen LogP contribution in [0.3, 0.4) is 0 Å². The Morgan fingerprint density at radius 1 is 1.53 bits per heavy atom. The molecular formula is C11H16N4O4. The zero-order valence-electron chi connectivity index (χ0n) is 10.7. The number of rotatable bonds is 6. The van der Waals surface area contributed by atoms with Gasteiger partial charge in [0.25, 0.3) is 5.91 Å². The van der Waals surface area contributed by atoms with Gasteiger partial charge in [-0.2, -0.15) is 5.10 Å². The number of hydrogen-bond acceptors (Lipinski definition) is 4. The van der Waals surface area contributed by atoms with Crippen molar-refractivity contribution in [2.75, 3.05) is 0 Å². The predicted molar refractivity (Wildman–Crippen MR) is 65.3 cm³/mol. The first-order chi connectivity index (χ1) is 8.85. The first-order valence-corrected chi connectivity index (χ1v) is 5.70. The molecule has 0 aliphatic rings. The Bertz CT molecular complexity index is 509. The summed E-state index contributed by atoms with van der Waals surface area (Å²) in [5.41, 5.74) is 5.88. The van der Waals surface area contributed by atoms with Gasteiger partial charge in [0.05, 0.1) is 12.1 Å². The number of carbonyl (C=O) groups excluding carboxylic acids is 2. The number of nitrogens with zero attached hydrogens (tertiary/aromatic N) is 2. The van der Waals surface area contributed by atoms with Crippen molar-refractivity contribution in [2.45, 2.75) is 25.8 Å². The van der Waals surface area contributed by atoms with Crippen LogP contribution in [0, 0.1) is 0 Å². The number of nitrogens with one attached hydrogen (secondary N) is 1. The molecule has 104 valence electrons. The van der Waals surface area contributed by atoms with E-state index in [-0.39, 0.29) is 5.69 Å². The van der Waals surface area contributed by atoms with Crippen molar-refractivity contribution >= 4 is 17.8 Å². The fourth-order valence-electron chi connectivity index (χ4n) is 1.55. The highest BCUT2D eigenvalue weighted by Crippen LogP contribution is 2.05. The van der Waals surface area contributed by atoms with Gasteiger partial charge in [0.15, 0.2) is 0 Å². The van der Waals surface area contributed by atoms with Crippen LogP contribution in [-0.4, -0.2) is 38.7 Å². The Kier molecular flexibility index (Phi) is 4.62. The van der Waals surface area contributed by atoms with Crippen LogP contribution in [0.15, 0.2) is 6.07 Å². The summed E-state index contributed by atoms with van der Waals surface area (Å²) in [5, 5.41) is 15.2. The Balaban J connectivity index is 2.84. The molecule has 1 heterocycles. The number of primary amides is 1. The molecule has 8 heteroatoms. The van der Waals surface area contributed by atoms with E-state index in [1.54, 1.807) is 13.1 Å². The van der Waals surface area contributed by atoms with Gasteiger partial charge in [0.2, 0.25) is 5.91 Å². The molecule has 0 aliphatic carbocycles. The fourth-order valence-corrected chi connectivity index (χ4v) is 1.55. The Morgan fingerprint density at radius 2 is 2.16 bits per heavy atom. The summed E-state index contributed by atoms with van der Waals surface area (Å²) < 4.78 is 1.36. The lowest BCUT2D eigenvalue weighted by atomic mass is 10.2. The van der Waals surface area contributed by atoms with Crippen LogP contribution in [0.2, 0.25) is 0 Å². The van der Waals surface area contributed by atoms with Gasteiger partial charge in [-0.25, -0.2) is 4.79 Å². The minimum atomic E-state index is -1.34. The fraction of sp³-hybridized carbons (Fsp3) is 0.455. The molecule has 1 unspecified atom stereocenters. The average molecular weight is 268 g/mol. The molecule has 0 bridgehead atoms. The number of amides is 2. The third-order valence-electron chi connectivity index (χ3n) is 2.53. The number of carboxylic acid groups (broad SMARTS) is 1. The molecule has 1 atom stereocenters. The van der Waals surface area contributed by atoms with Crippen LogP contribution in [-0.2, 0) is 23.1 Å². The SMILES string of the molecule is CCc1cc(C(=O)NC(CC(N)=O)C(=O)O)n(C)n1. The first-order valence-electron chi connectivity index (χ1n) is 5.70. The van der Waals surface area contributed by atoms with Crippen LogP contribution < -0.4 is 11.1 Å². The highest BCUT2D eigenvalue weighted by molar-refractivity contribution is 5.96. The zero-order valence-corrected chi connectivity index (χ0v) is 10.7. The topological polar surface area (TPSA) is 127 Å². The standard InChI is InChI=1S/C11H16N4O4/c1-3-6-4-8(15(2)14-6)10(17)13-7(11(18)19)5-9(12)16/h4,7H,3,5H2,1-2H3,(H2,12,16)(H,13,17)(H,18,19). The van der Waals surface area contributed by atoms with Gasteiger partial charge in [-0.3, -0.25) is 14.3 Å². The van der Waals surface area contributed by atoms with Crippen LogP contribution in [0.5, 0.6) is 0 Å². The summed E-state index contributed by atoms with van der Waals surface area (Å²) in [4.78, 5) is 33.5. The molecular weight excluding hydrogens is 252 g/mol. The molecule has 1 aromatic heterocycles. The monoisotopic (exact) mass is 268 g/mol. The molecule has 0 aromatic carbocycles. The van der Waals surface area contributed by atoms with Gasteiger partial charge in [-0.15, -0.1) is 0 Å². The van der Waals surface area contributed by atoms with Crippen LogP contribution in [0.4, 0.5) is 0 Å². The van der Waals surface area contributed by atoms with E-state index in [0.717, 1.165) is 5.69 Å². The Labute approximate surface area is 109 Å². The van der Waals surface area contributed by atoms with Gasteiger partial charge in [-0.1, -0.05) is 6.92 Å². The minimum Gasteiger partial charge on any atom is -0.480 e. The van der Waals surface area contributed by atoms with Crippen molar-refractivity contribution in [2.24, 2.45) is 12.8 Å². The Morgan fingerprint density at radius 3 is 2.58 bits per heavy atom. The number of aromatic nitrogens is 2. The number of aryl methyl sites for hydroxylation is 2. The minimum absolute atomic E-state index is 0.229. The van der Waals surface area contributed by atoms with Crippen molar-refractivity contribution in [1.29, 1.82) is 0 Å². The molecule has 2 amide bonds.